The van der Waals surface area contributed by atoms with Crippen LogP contribution in [0.1, 0.15) is 22.6 Å². The molecule has 0 amide bonds. The Morgan fingerprint density at radius 2 is 1.76 bits per heavy atom. The monoisotopic (exact) mass is 331 g/mol. The molecule has 1 aliphatic heterocycles. The molecule has 2 heterocycles. The van der Waals surface area contributed by atoms with Crippen molar-refractivity contribution in [3.05, 3.63) is 87.8 Å². The van der Waals surface area contributed by atoms with E-state index in [2.05, 4.69) is 24.3 Å². The fourth-order valence-electron chi connectivity index (χ4n) is 3.80. The molecule has 4 nitrogen and oxygen atoms in total. The molecule has 0 fully saturated rings. The molecular formula is C21H17NO3. The minimum atomic E-state index is -0.00670. The second-order valence-electron chi connectivity index (χ2n) is 6.58. The van der Waals surface area contributed by atoms with Crippen LogP contribution in [0, 0.1) is 0 Å². The Balaban J connectivity index is 1.46. The van der Waals surface area contributed by atoms with Gasteiger partial charge in [-0.3, -0.25) is 9.36 Å². The number of ether oxygens (including phenoxy) is 2. The van der Waals surface area contributed by atoms with E-state index in [-0.39, 0.29) is 5.56 Å². The highest BCUT2D eigenvalue weighted by atomic mass is 16.7. The zero-order valence-electron chi connectivity index (χ0n) is 13.6. The number of aromatic nitrogens is 1. The van der Waals surface area contributed by atoms with E-state index in [1.54, 1.807) is 16.7 Å². The Labute approximate surface area is 145 Å². The minimum absolute atomic E-state index is 0.00670. The van der Waals surface area contributed by atoms with Gasteiger partial charge < -0.3 is 9.47 Å². The first-order valence-corrected chi connectivity index (χ1v) is 8.47. The highest BCUT2D eigenvalue weighted by Gasteiger charge is 2.25. The van der Waals surface area contributed by atoms with Gasteiger partial charge >= 0.3 is 0 Å². The summed E-state index contributed by atoms with van der Waals surface area (Å²) in [6, 6.07) is 17.8. The van der Waals surface area contributed by atoms with Crippen LogP contribution in [0.2, 0.25) is 0 Å². The first kappa shape index (κ1) is 14.3. The smallest absolute Gasteiger partial charge is 0.255 e. The van der Waals surface area contributed by atoms with Crippen molar-refractivity contribution in [1.82, 2.24) is 4.57 Å². The first-order chi connectivity index (χ1) is 12.3. The Morgan fingerprint density at radius 1 is 0.880 bits per heavy atom. The third kappa shape index (κ3) is 2.41. The normalized spacial score (nSPS) is 17.5. The molecule has 2 aliphatic rings. The molecular weight excluding hydrogens is 314 g/mol. The topological polar surface area (TPSA) is 40.5 Å². The average Bonchev–Trinajstić information content (AvgIpc) is 3.27. The number of nitrogens with zero attached hydrogens (tertiary/aromatic N) is 1. The van der Waals surface area contributed by atoms with Crippen LogP contribution in [0.3, 0.4) is 0 Å². The Hall–Kier alpha value is -3.01. The van der Waals surface area contributed by atoms with Crippen molar-refractivity contribution >= 4 is 0 Å². The predicted octanol–water partition coefficient (Wildman–Crippen LogP) is 3.45. The van der Waals surface area contributed by atoms with Gasteiger partial charge in [-0.15, -0.1) is 0 Å². The van der Waals surface area contributed by atoms with Gasteiger partial charge in [-0.1, -0.05) is 18.2 Å². The van der Waals surface area contributed by atoms with Crippen LogP contribution in [-0.2, 0) is 12.8 Å². The van der Waals surface area contributed by atoms with Crippen molar-refractivity contribution in [3.63, 3.8) is 0 Å². The first-order valence-electron chi connectivity index (χ1n) is 8.47. The number of benzene rings is 2. The number of rotatable bonds is 2. The van der Waals surface area contributed by atoms with Crippen LogP contribution in [0.4, 0.5) is 0 Å². The SMILES string of the molecule is O=c1ccccn1-c1ccc2c(c1)CC(c1ccc3c(c1)OCO3)C2. The molecule has 5 rings (SSSR count). The summed E-state index contributed by atoms with van der Waals surface area (Å²) >= 11 is 0. The molecule has 25 heavy (non-hydrogen) atoms. The van der Waals surface area contributed by atoms with Crippen molar-refractivity contribution in [1.29, 1.82) is 0 Å². The van der Waals surface area contributed by atoms with Gasteiger partial charge in [-0.25, -0.2) is 0 Å². The molecule has 1 unspecified atom stereocenters. The molecule has 0 spiro atoms. The van der Waals surface area contributed by atoms with Gasteiger partial charge in [0.1, 0.15) is 0 Å². The van der Waals surface area contributed by atoms with E-state index in [4.69, 9.17) is 9.47 Å². The second kappa shape index (κ2) is 5.52. The van der Waals surface area contributed by atoms with E-state index in [9.17, 15) is 4.79 Å². The van der Waals surface area contributed by atoms with E-state index < -0.39 is 0 Å². The summed E-state index contributed by atoms with van der Waals surface area (Å²) in [5.74, 6) is 2.10. The lowest BCUT2D eigenvalue weighted by molar-refractivity contribution is 0.174. The van der Waals surface area contributed by atoms with Crippen LogP contribution in [0.25, 0.3) is 5.69 Å². The average molecular weight is 331 g/mol. The maximum Gasteiger partial charge on any atom is 0.255 e. The van der Waals surface area contributed by atoms with Crippen LogP contribution in [0.15, 0.2) is 65.6 Å². The van der Waals surface area contributed by atoms with Crippen LogP contribution in [-0.4, -0.2) is 11.4 Å². The minimum Gasteiger partial charge on any atom is -0.454 e. The van der Waals surface area contributed by atoms with E-state index in [0.717, 1.165) is 30.0 Å². The lowest BCUT2D eigenvalue weighted by Crippen LogP contribution is -2.15. The molecule has 1 aromatic heterocycles. The molecule has 2 aromatic carbocycles. The van der Waals surface area contributed by atoms with Crippen molar-refractivity contribution in [3.8, 4) is 17.2 Å². The van der Waals surface area contributed by atoms with E-state index in [1.165, 1.54) is 16.7 Å². The summed E-state index contributed by atoms with van der Waals surface area (Å²) in [6.07, 6.45) is 3.80. The molecule has 1 aliphatic carbocycles. The fraction of sp³-hybridized carbons (Fsp3) is 0.190. The predicted molar refractivity (Wildman–Crippen MR) is 94.8 cm³/mol. The summed E-state index contributed by atoms with van der Waals surface area (Å²) in [5, 5.41) is 0. The third-order valence-corrected chi connectivity index (χ3v) is 5.09. The lowest BCUT2D eigenvalue weighted by Gasteiger charge is -2.10. The fourth-order valence-corrected chi connectivity index (χ4v) is 3.80. The van der Waals surface area contributed by atoms with E-state index >= 15 is 0 Å². The summed E-state index contributed by atoms with van der Waals surface area (Å²) in [5.41, 5.74) is 4.87. The standard InChI is InChI=1S/C21H17NO3/c23-21-3-1-2-8-22(21)18-6-4-14-9-16(10-17(14)11-18)15-5-7-19-20(12-15)25-13-24-19/h1-8,11-12,16H,9-10,13H2. The zero-order chi connectivity index (χ0) is 16.8. The van der Waals surface area contributed by atoms with Crippen LogP contribution < -0.4 is 15.0 Å². The van der Waals surface area contributed by atoms with Gasteiger partial charge in [0.2, 0.25) is 6.79 Å². The molecule has 1 atom stereocenters. The van der Waals surface area contributed by atoms with Crippen molar-refractivity contribution < 1.29 is 9.47 Å². The summed E-state index contributed by atoms with van der Waals surface area (Å²) < 4.78 is 12.6. The molecule has 4 heteroatoms. The van der Waals surface area contributed by atoms with Gasteiger partial charge in [-0.2, -0.15) is 0 Å². The van der Waals surface area contributed by atoms with Crippen molar-refractivity contribution in [2.24, 2.45) is 0 Å². The molecule has 0 bridgehead atoms. The van der Waals surface area contributed by atoms with Gasteiger partial charge in [0.25, 0.3) is 5.56 Å². The zero-order valence-corrected chi connectivity index (χ0v) is 13.6. The van der Waals surface area contributed by atoms with Crippen molar-refractivity contribution in [2.45, 2.75) is 18.8 Å². The van der Waals surface area contributed by atoms with Crippen LogP contribution >= 0.6 is 0 Å². The Bertz CT molecular complexity index is 1020. The van der Waals surface area contributed by atoms with Crippen molar-refractivity contribution in [2.75, 3.05) is 6.79 Å². The maximum atomic E-state index is 12.1. The largest absolute Gasteiger partial charge is 0.454 e. The lowest BCUT2D eigenvalue weighted by atomic mass is 9.96. The number of hydrogen-bond acceptors (Lipinski definition) is 3. The number of pyridine rings is 1. The summed E-state index contributed by atoms with van der Waals surface area (Å²) in [6.45, 7) is 0.304. The number of hydrogen-bond donors (Lipinski definition) is 0. The quantitative estimate of drug-likeness (QED) is 0.722. The van der Waals surface area contributed by atoms with Crippen LogP contribution in [0.5, 0.6) is 11.5 Å². The van der Waals surface area contributed by atoms with Gasteiger partial charge in [0.05, 0.1) is 0 Å². The van der Waals surface area contributed by atoms with E-state index in [0.29, 0.717) is 12.7 Å². The maximum absolute atomic E-state index is 12.1. The third-order valence-electron chi connectivity index (χ3n) is 5.09. The molecule has 0 saturated carbocycles. The Morgan fingerprint density at radius 3 is 2.68 bits per heavy atom. The molecule has 0 radical (unpaired) electrons. The highest BCUT2D eigenvalue weighted by Crippen LogP contribution is 2.39. The van der Waals surface area contributed by atoms with E-state index in [1.807, 2.05) is 24.4 Å². The molecule has 0 saturated heterocycles. The molecule has 3 aromatic rings. The second-order valence-corrected chi connectivity index (χ2v) is 6.58. The van der Waals surface area contributed by atoms with Gasteiger partial charge in [-0.05, 0) is 65.8 Å². The molecule has 0 N–H and O–H groups in total. The summed E-state index contributed by atoms with van der Waals surface area (Å²) in [4.78, 5) is 12.1. The number of fused-ring (bicyclic) bond motifs is 2. The van der Waals surface area contributed by atoms with Gasteiger partial charge in [0.15, 0.2) is 11.5 Å². The Kier molecular flexibility index (Phi) is 3.17. The molecule has 124 valence electrons. The highest BCUT2D eigenvalue weighted by molar-refractivity contribution is 5.49. The summed E-state index contributed by atoms with van der Waals surface area (Å²) in [7, 11) is 0. The van der Waals surface area contributed by atoms with Gasteiger partial charge in [0, 0.05) is 18.0 Å².